The SMILES string of the molecule is CC(C)NCc1ncc(C2CCC(F)(F)CC2)o1. The zero-order valence-corrected chi connectivity index (χ0v) is 10.9. The van der Waals surface area contributed by atoms with E-state index in [0.29, 0.717) is 31.3 Å². The van der Waals surface area contributed by atoms with Gasteiger partial charge in [-0.3, -0.25) is 0 Å². The van der Waals surface area contributed by atoms with E-state index in [9.17, 15) is 8.78 Å². The fraction of sp³-hybridized carbons (Fsp3) is 0.769. The molecule has 1 aliphatic carbocycles. The van der Waals surface area contributed by atoms with Crippen molar-refractivity contribution < 1.29 is 13.2 Å². The lowest BCUT2D eigenvalue weighted by molar-refractivity contribution is -0.0395. The number of aromatic nitrogens is 1. The summed E-state index contributed by atoms with van der Waals surface area (Å²) in [5.74, 6) is -0.995. The van der Waals surface area contributed by atoms with E-state index < -0.39 is 5.92 Å². The van der Waals surface area contributed by atoms with Crippen LogP contribution in [0.4, 0.5) is 8.78 Å². The highest BCUT2D eigenvalue weighted by atomic mass is 19.3. The van der Waals surface area contributed by atoms with E-state index in [-0.39, 0.29) is 18.8 Å². The van der Waals surface area contributed by atoms with Crippen LogP contribution in [0.15, 0.2) is 10.6 Å². The number of nitrogens with zero attached hydrogens (tertiary/aromatic N) is 1. The van der Waals surface area contributed by atoms with Crippen molar-refractivity contribution in [2.45, 2.75) is 64.0 Å². The molecular formula is C13H20F2N2O. The third kappa shape index (κ3) is 3.51. The molecule has 1 heterocycles. The number of halogens is 2. The van der Waals surface area contributed by atoms with Gasteiger partial charge in [-0.15, -0.1) is 0 Å². The van der Waals surface area contributed by atoms with Crippen molar-refractivity contribution in [1.82, 2.24) is 10.3 Å². The van der Waals surface area contributed by atoms with E-state index in [2.05, 4.69) is 10.3 Å². The summed E-state index contributed by atoms with van der Waals surface area (Å²) >= 11 is 0. The van der Waals surface area contributed by atoms with E-state index in [1.54, 1.807) is 6.20 Å². The molecule has 2 rings (SSSR count). The van der Waals surface area contributed by atoms with Gasteiger partial charge in [0.1, 0.15) is 5.76 Å². The molecule has 0 bridgehead atoms. The van der Waals surface area contributed by atoms with E-state index >= 15 is 0 Å². The summed E-state index contributed by atoms with van der Waals surface area (Å²) in [6.45, 7) is 4.68. The van der Waals surface area contributed by atoms with Gasteiger partial charge >= 0.3 is 0 Å². The lowest BCUT2D eigenvalue weighted by Crippen LogP contribution is -2.23. The van der Waals surface area contributed by atoms with E-state index in [0.717, 1.165) is 5.76 Å². The molecule has 102 valence electrons. The number of nitrogens with one attached hydrogen (secondary N) is 1. The fourth-order valence-electron chi connectivity index (χ4n) is 2.21. The maximum atomic E-state index is 13.1. The molecule has 1 fully saturated rings. The predicted octanol–water partition coefficient (Wildman–Crippen LogP) is 3.47. The third-order valence-electron chi connectivity index (χ3n) is 3.35. The fourth-order valence-corrected chi connectivity index (χ4v) is 2.21. The average Bonchev–Trinajstić information content (AvgIpc) is 2.75. The zero-order chi connectivity index (χ0) is 13.2. The Hall–Kier alpha value is -0.970. The molecule has 0 aromatic carbocycles. The van der Waals surface area contributed by atoms with Crippen LogP contribution in [0.1, 0.15) is 57.1 Å². The molecule has 1 aromatic heterocycles. The summed E-state index contributed by atoms with van der Waals surface area (Å²) in [6, 6.07) is 0.369. The van der Waals surface area contributed by atoms with Crippen LogP contribution in [0.5, 0.6) is 0 Å². The number of alkyl halides is 2. The molecule has 0 unspecified atom stereocenters. The molecule has 0 spiro atoms. The zero-order valence-electron chi connectivity index (χ0n) is 10.9. The van der Waals surface area contributed by atoms with Crippen molar-refractivity contribution >= 4 is 0 Å². The minimum Gasteiger partial charge on any atom is -0.444 e. The first kappa shape index (κ1) is 13.5. The van der Waals surface area contributed by atoms with Crippen LogP contribution >= 0.6 is 0 Å². The number of hydrogen-bond donors (Lipinski definition) is 1. The summed E-state index contributed by atoms with van der Waals surface area (Å²) in [5.41, 5.74) is 0. The summed E-state index contributed by atoms with van der Waals surface area (Å²) in [7, 11) is 0. The molecule has 18 heavy (non-hydrogen) atoms. The number of oxazole rings is 1. The van der Waals surface area contributed by atoms with Crippen molar-refractivity contribution in [2.75, 3.05) is 0 Å². The molecule has 1 saturated carbocycles. The minimum absolute atomic E-state index is 0.0437. The van der Waals surface area contributed by atoms with Crippen molar-refractivity contribution in [2.24, 2.45) is 0 Å². The Labute approximate surface area is 106 Å². The van der Waals surface area contributed by atoms with Crippen molar-refractivity contribution in [1.29, 1.82) is 0 Å². The first-order chi connectivity index (χ1) is 8.46. The topological polar surface area (TPSA) is 38.1 Å². The van der Waals surface area contributed by atoms with Gasteiger partial charge in [0, 0.05) is 24.8 Å². The second kappa shape index (κ2) is 5.34. The highest BCUT2D eigenvalue weighted by molar-refractivity contribution is 5.04. The van der Waals surface area contributed by atoms with E-state index in [1.807, 2.05) is 13.8 Å². The Balaban J connectivity index is 1.90. The molecule has 0 atom stereocenters. The third-order valence-corrected chi connectivity index (χ3v) is 3.35. The number of rotatable bonds is 4. The van der Waals surface area contributed by atoms with Crippen molar-refractivity contribution in [3.63, 3.8) is 0 Å². The van der Waals surface area contributed by atoms with Gasteiger partial charge in [0.15, 0.2) is 0 Å². The van der Waals surface area contributed by atoms with Crippen molar-refractivity contribution in [3.05, 3.63) is 17.8 Å². The molecule has 0 aliphatic heterocycles. The van der Waals surface area contributed by atoms with Crippen LogP contribution in [0.25, 0.3) is 0 Å². The monoisotopic (exact) mass is 258 g/mol. The largest absolute Gasteiger partial charge is 0.444 e. The van der Waals surface area contributed by atoms with Crippen LogP contribution in [0.3, 0.4) is 0 Å². The van der Waals surface area contributed by atoms with Gasteiger partial charge in [-0.25, -0.2) is 13.8 Å². The summed E-state index contributed by atoms with van der Waals surface area (Å²) in [5, 5.41) is 3.21. The molecule has 0 radical (unpaired) electrons. The lowest BCUT2D eigenvalue weighted by Gasteiger charge is -2.26. The molecule has 1 N–H and O–H groups in total. The Morgan fingerprint density at radius 2 is 2.11 bits per heavy atom. The second-order valence-corrected chi connectivity index (χ2v) is 5.32. The Bertz CT molecular complexity index is 380. The van der Waals surface area contributed by atoms with Gasteiger partial charge < -0.3 is 9.73 Å². The van der Waals surface area contributed by atoms with E-state index in [4.69, 9.17) is 4.42 Å². The Morgan fingerprint density at radius 3 is 2.72 bits per heavy atom. The van der Waals surface area contributed by atoms with Crippen LogP contribution < -0.4 is 5.32 Å². The first-order valence-electron chi connectivity index (χ1n) is 6.52. The molecule has 3 nitrogen and oxygen atoms in total. The molecule has 1 aromatic rings. The van der Waals surface area contributed by atoms with Crippen LogP contribution in [0, 0.1) is 0 Å². The van der Waals surface area contributed by atoms with Gasteiger partial charge in [-0.2, -0.15) is 0 Å². The molecule has 1 aliphatic rings. The van der Waals surface area contributed by atoms with Crippen LogP contribution in [-0.2, 0) is 6.54 Å². The van der Waals surface area contributed by atoms with Gasteiger partial charge in [0.05, 0.1) is 12.7 Å². The standard InChI is InChI=1S/C13H20F2N2O/c1-9(2)16-8-12-17-7-11(18-12)10-3-5-13(14,15)6-4-10/h7,9-10,16H,3-6,8H2,1-2H3. The average molecular weight is 258 g/mol. The predicted molar refractivity (Wildman–Crippen MR) is 64.6 cm³/mol. The Morgan fingerprint density at radius 1 is 1.44 bits per heavy atom. The van der Waals surface area contributed by atoms with Gasteiger partial charge in [-0.05, 0) is 12.8 Å². The normalized spacial score (nSPS) is 20.5. The minimum atomic E-state index is -2.49. The van der Waals surface area contributed by atoms with Gasteiger partial charge in [-0.1, -0.05) is 13.8 Å². The molecule has 0 saturated heterocycles. The number of hydrogen-bond acceptors (Lipinski definition) is 3. The molecule has 5 heteroatoms. The van der Waals surface area contributed by atoms with Crippen molar-refractivity contribution in [3.8, 4) is 0 Å². The summed E-state index contributed by atoms with van der Waals surface area (Å²) in [4.78, 5) is 4.18. The summed E-state index contributed by atoms with van der Waals surface area (Å²) in [6.07, 6.45) is 2.57. The van der Waals surface area contributed by atoms with E-state index in [1.165, 1.54) is 0 Å². The lowest BCUT2D eigenvalue weighted by atomic mass is 9.85. The maximum absolute atomic E-state index is 13.1. The molecular weight excluding hydrogens is 238 g/mol. The highest BCUT2D eigenvalue weighted by Gasteiger charge is 2.36. The smallest absolute Gasteiger partial charge is 0.248 e. The Kier molecular flexibility index (Phi) is 4.00. The van der Waals surface area contributed by atoms with Crippen LogP contribution in [-0.4, -0.2) is 16.9 Å². The van der Waals surface area contributed by atoms with Gasteiger partial charge in [0.25, 0.3) is 0 Å². The summed E-state index contributed by atoms with van der Waals surface area (Å²) < 4.78 is 31.7. The molecule has 0 amide bonds. The first-order valence-corrected chi connectivity index (χ1v) is 6.52. The quantitative estimate of drug-likeness (QED) is 0.898. The van der Waals surface area contributed by atoms with Gasteiger partial charge in [0.2, 0.25) is 11.8 Å². The van der Waals surface area contributed by atoms with Crippen LogP contribution in [0.2, 0.25) is 0 Å². The second-order valence-electron chi connectivity index (χ2n) is 5.32. The highest BCUT2D eigenvalue weighted by Crippen LogP contribution is 2.40. The maximum Gasteiger partial charge on any atom is 0.248 e.